The number of rotatable bonds is 1. The first kappa shape index (κ1) is 16.1. The van der Waals surface area contributed by atoms with E-state index in [1.54, 1.807) is 6.92 Å². The van der Waals surface area contributed by atoms with Gasteiger partial charge in [0.2, 0.25) is 0 Å². The van der Waals surface area contributed by atoms with E-state index in [-0.39, 0.29) is 32.7 Å². The van der Waals surface area contributed by atoms with Crippen LogP contribution in [0.4, 0.5) is 0 Å². The predicted octanol–water partition coefficient (Wildman–Crippen LogP) is 0.700. The third-order valence-electron chi connectivity index (χ3n) is 0.282. The molecule has 0 atom stereocenters. The third-order valence-corrected chi connectivity index (χ3v) is 0.282. The fourth-order valence-corrected chi connectivity index (χ4v) is 0.116. The van der Waals surface area contributed by atoms with Crippen LogP contribution in [0.3, 0.4) is 0 Å². The van der Waals surface area contributed by atoms with Gasteiger partial charge < -0.3 is 12.7 Å². The van der Waals surface area contributed by atoms with Crippen LogP contribution in [0.15, 0.2) is 12.2 Å². The topological polar surface area (TPSA) is 43.1 Å². The number of allylic oxidation sites excluding steroid dienone is 1. The molecule has 0 aliphatic heterocycles. The van der Waals surface area contributed by atoms with Gasteiger partial charge >= 0.3 is 0 Å². The largest absolute Gasteiger partial charge is 0.381 e. The maximum absolute atomic E-state index is 9.69. The van der Waals surface area contributed by atoms with E-state index in [1.165, 1.54) is 12.2 Å². The summed E-state index contributed by atoms with van der Waals surface area (Å²) in [6.07, 6.45) is 2.54. The summed E-state index contributed by atoms with van der Waals surface area (Å²) in [7, 11) is 0. The summed E-state index contributed by atoms with van der Waals surface area (Å²) in [6, 6.07) is 0. The zero-order valence-electron chi connectivity index (χ0n) is 5.63. The van der Waals surface area contributed by atoms with E-state index < -0.39 is 5.91 Å². The van der Waals surface area contributed by atoms with E-state index in [1.807, 2.05) is 0 Å². The Morgan fingerprint density at radius 3 is 1.89 bits per heavy atom. The summed E-state index contributed by atoms with van der Waals surface area (Å²) in [5.41, 5.74) is 4.64. The van der Waals surface area contributed by atoms with Gasteiger partial charge in [0.05, 0.1) is 0 Å². The fraction of sp³-hybridized carbons (Fsp3) is 0.167. The van der Waals surface area contributed by atoms with Crippen molar-refractivity contribution in [2.24, 2.45) is 5.73 Å². The van der Waals surface area contributed by atoms with Gasteiger partial charge in [-0.05, 0) is 0 Å². The Labute approximate surface area is 81.8 Å². The minimum absolute atomic E-state index is 0. The number of hydrogen-bond acceptors (Lipinski definition) is 1. The Hall–Kier alpha value is 0.184. The van der Waals surface area contributed by atoms with E-state index in [0.717, 1.165) is 0 Å². The van der Waals surface area contributed by atoms with Crippen LogP contribution in [-0.2, 0) is 37.5 Å². The zero-order valence-corrected chi connectivity index (χ0v) is 8.47. The molecule has 1 radical (unpaired) electrons. The fourth-order valence-electron chi connectivity index (χ4n) is 0.116. The molecule has 2 nitrogen and oxygen atoms in total. The summed E-state index contributed by atoms with van der Waals surface area (Å²) < 4.78 is 0. The van der Waals surface area contributed by atoms with Crippen LogP contribution < -0.4 is 5.73 Å². The van der Waals surface area contributed by atoms with Gasteiger partial charge in [-0.15, -0.1) is 6.08 Å². The molecule has 3 heteroatoms. The Bertz CT molecular complexity index is 81.1. The first-order valence-electron chi connectivity index (χ1n) is 2.23. The SMILES string of the molecule is [CH2-]/C=C/C(N)=O.[CH2-]C.[Y]. The molecule has 0 unspecified atom stereocenters. The second-order valence-corrected chi connectivity index (χ2v) is 0.805. The van der Waals surface area contributed by atoms with E-state index >= 15 is 0 Å². The monoisotopic (exact) mass is 202 g/mol. The van der Waals surface area contributed by atoms with Crippen LogP contribution in [-0.4, -0.2) is 5.91 Å². The maximum atomic E-state index is 9.69. The van der Waals surface area contributed by atoms with Crippen LogP contribution in [0.25, 0.3) is 0 Å². The van der Waals surface area contributed by atoms with E-state index in [0.29, 0.717) is 0 Å². The molecule has 0 fully saturated rings. The van der Waals surface area contributed by atoms with E-state index in [4.69, 9.17) is 0 Å². The molecule has 2 N–H and O–H groups in total. The van der Waals surface area contributed by atoms with Crippen molar-refractivity contribution >= 4 is 5.91 Å². The number of primary amides is 1. The average Bonchev–Trinajstić information content (AvgIpc) is 1.72. The minimum Gasteiger partial charge on any atom is -0.381 e. The molecule has 1 amide bonds. The predicted molar refractivity (Wildman–Crippen MR) is 34.7 cm³/mol. The van der Waals surface area contributed by atoms with Crippen molar-refractivity contribution in [2.45, 2.75) is 6.92 Å². The van der Waals surface area contributed by atoms with Crippen LogP contribution in [0, 0.1) is 13.8 Å². The second kappa shape index (κ2) is 15.7. The van der Waals surface area contributed by atoms with E-state index in [2.05, 4.69) is 19.6 Å². The van der Waals surface area contributed by atoms with Crippen LogP contribution in [0.1, 0.15) is 6.92 Å². The molecule has 0 heterocycles. The summed E-state index contributed by atoms with van der Waals surface area (Å²) in [5.74, 6) is -0.454. The maximum Gasteiger partial charge on any atom is 0.159 e. The van der Waals surface area contributed by atoms with Crippen molar-refractivity contribution in [1.82, 2.24) is 0 Å². The third kappa shape index (κ3) is 30.9. The molecule has 0 aromatic carbocycles. The molecule has 0 spiro atoms. The molecule has 0 saturated heterocycles. The molecular formula is C6H11NOY-2. The molecule has 0 aliphatic carbocycles. The number of carbonyl (C=O) groups excluding carboxylic acids is 1. The van der Waals surface area contributed by atoms with Gasteiger partial charge in [0.25, 0.3) is 0 Å². The molecule has 0 aromatic rings. The molecule has 51 valence electrons. The smallest absolute Gasteiger partial charge is 0.159 e. The number of hydrogen-bond donors (Lipinski definition) is 1. The zero-order chi connectivity index (χ0) is 6.99. The standard InChI is InChI=1S/C4H6NO.C2H5.Y/c1-2-3-4(5)6;1-2;/h2-3H,1H2,(H2,5,6);1H2,2H3;/q2*-1;/b3-2+;;. The quantitative estimate of drug-likeness (QED) is 0.493. The molecule has 0 aromatic heterocycles. The van der Waals surface area contributed by atoms with Crippen LogP contribution in [0.2, 0.25) is 0 Å². The normalized spacial score (nSPS) is 6.89. The minimum atomic E-state index is -0.454. The molecule has 0 saturated carbocycles. The van der Waals surface area contributed by atoms with Gasteiger partial charge in [0.15, 0.2) is 5.91 Å². The van der Waals surface area contributed by atoms with Crippen molar-refractivity contribution in [1.29, 1.82) is 0 Å². The second-order valence-electron chi connectivity index (χ2n) is 0.805. The molecular weight excluding hydrogens is 191 g/mol. The molecule has 9 heavy (non-hydrogen) atoms. The Morgan fingerprint density at radius 1 is 1.56 bits per heavy atom. The van der Waals surface area contributed by atoms with Gasteiger partial charge in [-0.2, -0.15) is 6.92 Å². The van der Waals surface area contributed by atoms with Gasteiger partial charge in [-0.25, -0.2) is 13.0 Å². The summed E-state index contributed by atoms with van der Waals surface area (Å²) in [6.45, 7) is 8.24. The number of amides is 1. The van der Waals surface area contributed by atoms with Crippen LogP contribution >= 0.6 is 0 Å². The molecule has 0 rings (SSSR count). The van der Waals surface area contributed by atoms with Gasteiger partial charge in [0.1, 0.15) is 0 Å². The summed E-state index contributed by atoms with van der Waals surface area (Å²) in [5, 5.41) is 0. The molecule has 0 aliphatic rings. The van der Waals surface area contributed by atoms with Gasteiger partial charge in [0, 0.05) is 32.7 Å². The van der Waals surface area contributed by atoms with Crippen molar-refractivity contribution in [3.05, 3.63) is 26.0 Å². The van der Waals surface area contributed by atoms with Crippen molar-refractivity contribution in [3.63, 3.8) is 0 Å². The Kier molecular flexibility index (Phi) is 28.1. The average molecular weight is 202 g/mol. The van der Waals surface area contributed by atoms with Crippen molar-refractivity contribution < 1.29 is 37.5 Å². The first-order valence-corrected chi connectivity index (χ1v) is 2.23. The summed E-state index contributed by atoms with van der Waals surface area (Å²) >= 11 is 0. The molecule has 0 bridgehead atoms. The van der Waals surface area contributed by atoms with Crippen molar-refractivity contribution in [2.75, 3.05) is 0 Å². The van der Waals surface area contributed by atoms with Gasteiger partial charge in [-0.3, -0.25) is 4.79 Å². The first-order chi connectivity index (χ1) is 3.77. The number of carbonyl (C=O) groups is 1. The van der Waals surface area contributed by atoms with Crippen molar-refractivity contribution in [3.8, 4) is 0 Å². The summed E-state index contributed by atoms with van der Waals surface area (Å²) in [4.78, 5) is 9.69. The Morgan fingerprint density at radius 2 is 1.89 bits per heavy atom. The Balaban J connectivity index is -0.000000109. The van der Waals surface area contributed by atoms with Crippen LogP contribution in [0.5, 0.6) is 0 Å². The van der Waals surface area contributed by atoms with E-state index in [9.17, 15) is 4.79 Å². The van der Waals surface area contributed by atoms with Gasteiger partial charge in [-0.1, -0.05) is 0 Å². The number of nitrogens with two attached hydrogens (primary N) is 1.